The van der Waals surface area contributed by atoms with Crippen molar-refractivity contribution in [2.45, 2.75) is 64.5 Å². The Morgan fingerprint density at radius 3 is 2.52 bits per heavy atom. The van der Waals surface area contributed by atoms with Crippen LogP contribution in [0.4, 0.5) is 0 Å². The average Bonchev–Trinajstić information content (AvgIpc) is 2.77. The molecule has 0 fully saturated rings. The highest BCUT2D eigenvalue weighted by atomic mass is 16.5. The van der Waals surface area contributed by atoms with Crippen molar-refractivity contribution >= 4 is 5.84 Å². The molecule has 3 heteroatoms. The molecule has 1 aliphatic heterocycles. The van der Waals surface area contributed by atoms with Crippen molar-refractivity contribution in [2.75, 3.05) is 6.61 Å². The first-order valence-electron chi connectivity index (χ1n) is 8.34. The van der Waals surface area contributed by atoms with Crippen LogP contribution in [0.15, 0.2) is 24.3 Å². The van der Waals surface area contributed by atoms with E-state index in [1.54, 1.807) is 0 Å². The van der Waals surface area contributed by atoms with Gasteiger partial charge in [-0.05, 0) is 19.8 Å². The zero-order valence-electron chi connectivity index (χ0n) is 13.4. The van der Waals surface area contributed by atoms with E-state index in [0.717, 1.165) is 24.0 Å². The molecule has 2 rings (SSSR count). The first kappa shape index (κ1) is 16.0. The summed E-state index contributed by atoms with van der Waals surface area (Å²) in [4.78, 5) is 0. The highest BCUT2D eigenvalue weighted by Crippen LogP contribution is 2.36. The number of benzene rings is 1. The van der Waals surface area contributed by atoms with Gasteiger partial charge in [-0.3, -0.25) is 5.41 Å². The zero-order valence-corrected chi connectivity index (χ0v) is 13.4. The van der Waals surface area contributed by atoms with Gasteiger partial charge in [-0.15, -0.1) is 0 Å². The maximum atomic E-state index is 8.14. The van der Waals surface area contributed by atoms with Crippen LogP contribution in [0.5, 0.6) is 0 Å². The van der Waals surface area contributed by atoms with Crippen LogP contribution in [0.25, 0.3) is 0 Å². The Morgan fingerprint density at radius 1 is 1.05 bits per heavy atom. The molecule has 0 aliphatic carbocycles. The second-order valence-electron chi connectivity index (χ2n) is 5.82. The van der Waals surface area contributed by atoms with Gasteiger partial charge in [-0.25, -0.2) is 0 Å². The number of ether oxygens (including phenoxy) is 1. The molecule has 116 valence electrons. The van der Waals surface area contributed by atoms with Crippen LogP contribution in [0.1, 0.15) is 69.9 Å². The predicted molar refractivity (Wildman–Crippen MR) is 87.7 cm³/mol. The first-order chi connectivity index (χ1) is 10.2. The molecule has 3 nitrogen and oxygen atoms in total. The van der Waals surface area contributed by atoms with Crippen LogP contribution in [0.2, 0.25) is 0 Å². The number of nitrogens with one attached hydrogen (secondary N) is 2. The monoisotopic (exact) mass is 288 g/mol. The third-order valence-corrected chi connectivity index (χ3v) is 4.23. The van der Waals surface area contributed by atoms with Gasteiger partial charge in [0.15, 0.2) is 5.72 Å². The fourth-order valence-corrected chi connectivity index (χ4v) is 3.17. The normalized spacial score (nSPS) is 20.4. The second kappa shape index (κ2) is 7.60. The lowest BCUT2D eigenvalue weighted by molar-refractivity contribution is -0.0609. The molecule has 0 spiro atoms. The summed E-state index contributed by atoms with van der Waals surface area (Å²) in [6.07, 6.45) is 8.57. The number of amidine groups is 1. The van der Waals surface area contributed by atoms with Crippen molar-refractivity contribution in [3.8, 4) is 0 Å². The largest absolute Gasteiger partial charge is 0.352 e. The molecule has 0 radical (unpaired) electrons. The summed E-state index contributed by atoms with van der Waals surface area (Å²) >= 11 is 0. The Hall–Kier alpha value is -1.35. The van der Waals surface area contributed by atoms with Gasteiger partial charge in [-0.1, -0.05) is 63.3 Å². The highest BCUT2D eigenvalue weighted by Gasteiger charge is 2.41. The number of fused-ring (bicyclic) bond motifs is 1. The molecular formula is C18H28N2O. The molecule has 1 unspecified atom stereocenters. The Labute approximate surface area is 128 Å². The second-order valence-corrected chi connectivity index (χ2v) is 5.82. The highest BCUT2D eigenvalue weighted by molar-refractivity contribution is 6.01. The summed E-state index contributed by atoms with van der Waals surface area (Å²) in [7, 11) is 0. The van der Waals surface area contributed by atoms with E-state index in [1.807, 2.05) is 25.1 Å². The van der Waals surface area contributed by atoms with Gasteiger partial charge >= 0.3 is 0 Å². The quantitative estimate of drug-likeness (QED) is 0.654. The number of hydrogen-bond donors (Lipinski definition) is 2. The summed E-state index contributed by atoms with van der Waals surface area (Å²) in [6.45, 7) is 4.93. The van der Waals surface area contributed by atoms with Gasteiger partial charge in [0.1, 0.15) is 5.84 Å². The molecule has 0 amide bonds. The molecule has 2 N–H and O–H groups in total. The molecule has 0 bridgehead atoms. The molecule has 1 atom stereocenters. The maximum absolute atomic E-state index is 8.14. The van der Waals surface area contributed by atoms with Crippen molar-refractivity contribution in [1.29, 1.82) is 5.41 Å². The van der Waals surface area contributed by atoms with Gasteiger partial charge in [0, 0.05) is 17.7 Å². The van der Waals surface area contributed by atoms with E-state index < -0.39 is 5.72 Å². The van der Waals surface area contributed by atoms with E-state index in [0.29, 0.717) is 12.4 Å². The molecule has 21 heavy (non-hydrogen) atoms. The molecule has 0 saturated carbocycles. The Balaban J connectivity index is 2.00. The van der Waals surface area contributed by atoms with E-state index in [9.17, 15) is 0 Å². The van der Waals surface area contributed by atoms with Crippen molar-refractivity contribution in [3.63, 3.8) is 0 Å². The minimum absolute atomic E-state index is 0.479. The lowest BCUT2D eigenvalue weighted by Gasteiger charge is -2.30. The Kier molecular flexibility index (Phi) is 5.80. The Morgan fingerprint density at radius 2 is 1.76 bits per heavy atom. The standard InChI is InChI=1S/C18H28N2O/c1-3-5-6-7-8-11-14-18(21-4-2)16-13-10-9-12-15(16)17(19)20-18/h9-10,12-13H,3-8,11,14H2,1-2H3,(H2,19,20). The van der Waals surface area contributed by atoms with E-state index >= 15 is 0 Å². The lowest BCUT2D eigenvalue weighted by Crippen LogP contribution is -2.42. The summed E-state index contributed by atoms with van der Waals surface area (Å²) in [5.41, 5.74) is 1.63. The number of unbranched alkanes of at least 4 members (excludes halogenated alkanes) is 5. The van der Waals surface area contributed by atoms with Crippen molar-refractivity contribution in [1.82, 2.24) is 5.32 Å². The SMILES string of the molecule is CCCCCCCCC1(OCC)NC(=N)c2ccccc21. The fourth-order valence-electron chi connectivity index (χ4n) is 3.17. The third-order valence-electron chi connectivity index (χ3n) is 4.23. The van der Waals surface area contributed by atoms with Crippen molar-refractivity contribution < 1.29 is 4.74 Å². The lowest BCUT2D eigenvalue weighted by atomic mass is 9.95. The van der Waals surface area contributed by atoms with Crippen LogP contribution in [0.3, 0.4) is 0 Å². The summed E-state index contributed by atoms with van der Waals surface area (Å²) < 4.78 is 6.06. The zero-order chi connectivity index (χ0) is 15.1. The summed E-state index contributed by atoms with van der Waals surface area (Å²) in [6, 6.07) is 8.12. The number of rotatable bonds is 9. The van der Waals surface area contributed by atoms with Gasteiger partial charge < -0.3 is 10.1 Å². The van der Waals surface area contributed by atoms with E-state index in [1.165, 1.54) is 32.1 Å². The van der Waals surface area contributed by atoms with E-state index in [2.05, 4.69) is 18.3 Å². The van der Waals surface area contributed by atoms with Crippen molar-refractivity contribution in [3.05, 3.63) is 35.4 Å². The van der Waals surface area contributed by atoms with Crippen LogP contribution >= 0.6 is 0 Å². The third kappa shape index (κ3) is 3.65. The van der Waals surface area contributed by atoms with Gasteiger partial charge in [0.05, 0.1) is 0 Å². The average molecular weight is 288 g/mol. The van der Waals surface area contributed by atoms with Crippen LogP contribution in [-0.4, -0.2) is 12.4 Å². The van der Waals surface area contributed by atoms with Crippen molar-refractivity contribution in [2.24, 2.45) is 0 Å². The molecule has 0 saturated heterocycles. The fraction of sp³-hybridized carbons (Fsp3) is 0.611. The van der Waals surface area contributed by atoms with E-state index in [-0.39, 0.29) is 0 Å². The molecular weight excluding hydrogens is 260 g/mol. The number of hydrogen-bond acceptors (Lipinski definition) is 2. The summed E-state index contributed by atoms with van der Waals surface area (Å²) in [5, 5.41) is 11.4. The van der Waals surface area contributed by atoms with Gasteiger partial charge in [-0.2, -0.15) is 0 Å². The predicted octanol–water partition coefficient (Wildman–Crippen LogP) is 4.56. The van der Waals surface area contributed by atoms with Crippen LogP contribution in [0, 0.1) is 5.41 Å². The van der Waals surface area contributed by atoms with Crippen LogP contribution < -0.4 is 5.32 Å². The van der Waals surface area contributed by atoms with Crippen LogP contribution in [-0.2, 0) is 10.5 Å². The molecule has 1 aliphatic rings. The molecule has 1 aromatic rings. The molecule has 1 aromatic carbocycles. The first-order valence-corrected chi connectivity index (χ1v) is 8.34. The smallest absolute Gasteiger partial charge is 0.166 e. The maximum Gasteiger partial charge on any atom is 0.166 e. The summed E-state index contributed by atoms with van der Waals surface area (Å²) in [5.74, 6) is 0.491. The van der Waals surface area contributed by atoms with Gasteiger partial charge in [0.2, 0.25) is 0 Å². The minimum Gasteiger partial charge on any atom is -0.352 e. The molecule has 1 heterocycles. The minimum atomic E-state index is -0.479. The molecule has 0 aromatic heterocycles. The van der Waals surface area contributed by atoms with E-state index in [4.69, 9.17) is 10.1 Å². The van der Waals surface area contributed by atoms with Gasteiger partial charge in [0.25, 0.3) is 0 Å². The Bertz CT molecular complexity index is 472. The topological polar surface area (TPSA) is 45.1 Å².